The molecule has 0 fully saturated rings. The van der Waals surface area contributed by atoms with Gasteiger partial charge in [0.15, 0.2) is 0 Å². The Bertz CT molecular complexity index is 626. The molecule has 1 N–H and O–H groups in total. The second-order valence-corrected chi connectivity index (χ2v) is 4.69. The highest BCUT2D eigenvalue weighted by molar-refractivity contribution is 7.22. The van der Waals surface area contributed by atoms with Crippen LogP contribution in [0.4, 0.5) is 0 Å². The summed E-state index contributed by atoms with van der Waals surface area (Å²) in [4.78, 5) is 0.946. The number of benzene rings is 2. The van der Waals surface area contributed by atoms with Crippen LogP contribution in [0.2, 0.25) is 0 Å². The van der Waals surface area contributed by atoms with Crippen molar-refractivity contribution in [2.75, 3.05) is 0 Å². The summed E-state index contributed by atoms with van der Waals surface area (Å²) in [6.45, 7) is 0. The molecule has 2 aromatic carbocycles. The lowest BCUT2D eigenvalue weighted by Gasteiger charge is -1.97. The molecule has 16 heavy (non-hydrogen) atoms. The molecule has 78 valence electrons. The summed E-state index contributed by atoms with van der Waals surface area (Å²) >= 11 is 1.63. The van der Waals surface area contributed by atoms with E-state index in [9.17, 15) is 5.11 Å². The molecule has 0 bridgehead atoms. The number of aromatic hydroxyl groups is 1. The average Bonchev–Trinajstić information content (AvgIpc) is 2.69. The molecule has 0 atom stereocenters. The third-order valence-corrected chi connectivity index (χ3v) is 3.81. The van der Waals surface area contributed by atoms with E-state index in [0.717, 1.165) is 20.5 Å². The van der Waals surface area contributed by atoms with Crippen LogP contribution in [0, 0.1) is 0 Å². The van der Waals surface area contributed by atoms with E-state index >= 15 is 0 Å². The van der Waals surface area contributed by atoms with Crippen LogP contribution in [0.25, 0.3) is 20.5 Å². The second-order valence-electron chi connectivity index (χ2n) is 3.64. The summed E-state index contributed by atoms with van der Waals surface area (Å²) in [7, 11) is 0. The fourth-order valence-corrected chi connectivity index (χ4v) is 2.92. The van der Waals surface area contributed by atoms with Crippen molar-refractivity contribution in [1.82, 2.24) is 0 Å². The Morgan fingerprint density at radius 1 is 0.812 bits per heavy atom. The molecular formula is C14H10OS. The van der Waals surface area contributed by atoms with E-state index in [1.807, 2.05) is 54.6 Å². The SMILES string of the molecule is Oc1c(-c2ccccc2)sc2ccccc12. The zero-order valence-electron chi connectivity index (χ0n) is 8.55. The smallest absolute Gasteiger partial charge is 0.142 e. The van der Waals surface area contributed by atoms with Gasteiger partial charge in [0.1, 0.15) is 5.75 Å². The van der Waals surface area contributed by atoms with Gasteiger partial charge in [-0.3, -0.25) is 0 Å². The first-order chi connectivity index (χ1) is 7.86. The summed E-state index contributed by atoms with van der Waals surface area (Å²) in [5.41, 5.74) is 1.07. The van der Waals surface area contributed by atoms with Crippen LogP contribution in [0.15, 0.2) is 54.6 Å². The van der Waals surface area contributed by atoms with Crippen molar-refractivity contribution in [2.24, 2.45) is 0 Å². The van der Waals surface area contributed by atoms with Gasteiger partial charge in [-0.2, -0.15) is 0 Å². The van der Waals surface area contributed by atoms with Gasteiger partial charge in [-0.25, -0.2) is 0 Å². The van der Waals surface area contributed by atoms with Crippen molar-refractivity contribution >= 4 is 21.4 Å². The molecule has 2 heteroatoms. The maximum absolute atomic E-state index is 10.2. The van der Waals surface area contributed by atoms with Gasteiger partial charge in [0.05, 0.1) is 4.88 Å². The zero-order chi connectivity index (χ0) is 11.0. The maximum Gasteiger partial charge on any atom is 0.142 e. The van der Waals surface area contributed by atoms with Gasteiger partial charge in [-0.05, 0) is 17.7 Å². The number of hydrogen-bond donors (Lipinski definition) is 1. The van der Waals surface area contributed by atoms with Crippen molar-refractivity contribution in [3.05, 3.63) is 54.6 Å². The molecule has 0 amide bonds. The van der Waals surface area contributed by atoms with Crippen LogP contribution in [-0.4, -0.2) is 5.11 Å². The lowest BCUT2D eigenvalue weighted by atomic mass is 10.1. The monoisotopic (exact) mass is 226 g/mol. The lowest BCUT2D eigenvalue weighted by Crippen LogP contribution is -1.70. The minimum atomic E-state index is 0.395. The summed E-state index contributed by atoms with van der Waals surface area (Å²) < 4.78 is 1.12. The molecule has 0 aliphatic heterocycles. The Morgan fingerprint density at radius 2 is 1.50 bits per heavy atom. The standard InChI is InChI=1S/C14H10OS/c15-13-11-8-4-5-9-12(11)16-14(13)10-6-2-1-3-7-10/h1-9,15H. The van der Waals surface area contributed by atoms with Crippen LogP contribution in [0.5, 0.6) is 5.75 Å². The van der Waals surface area contributed by atoms with Crippen molar-refractivity contribution in [1.29, 1.82) is 0 Å². The molecular weight excluding hydrogens is 216 g/mol. The van der Waals surface area contributed by atoms with E-state index in [2.05, 4.69) is 0 Å². The Kier molecular flexibility index (Phi) is 2.15. The molecule has 0 saturated carbocycles. The first-order valence-electron chi connectivity index (χ1n) is 5.12. The molecule has 1 aromatic heterocycles. The van der Waals surface area contributed by atoms with Crippen LogP contribution in [0.1, 0.15) is 0 Å². The molecule has 0 aliphatic rings. The quantitative estimate of drug-likeness (QED) is 0.656. The van der Waals surface area contributed by atoms with Gasteiger partial charge in [-0.15, -0.1) is 11.3 Å². The van der Waals surface area contributed by atoms with E-state index < -0.39 is 0 Å². The molecule has 0 saturated heterocycles. The highest BCUT2D eigenvalue weighted by Crippen LogP contribution is 2.43. The first-order valence-corrected chi connectivity index (χ1v) is 5.94. The summed E-state index contributed by atoms with van der Waals surface area (Å²) in [5.74, 6) is 0.395. The minimum Gasteiger partial charge on any atom is -0.506 e. The Hall–Kier alpha value is -1.80. The van der Waals surface area contributed by atoms with Gasteiger partial charge >= 0.3 is 0 Å². The van der Waals surface area contributed by atoms with Gasteiger partial charge in [0.2, 0.25) is 0 Å². The highest BCUT2D eigenvalue weighted by atomic mass is 32.1. The van der Waals surface area contributed by atoms with Crippen LogP contribution in [-0.2, 0) is 0 Å². The average molecular weight is 226 g/mol. The number of fused-ring (bicyclic) bond motifs is 1. The van der Waals surface area contributed by atoms with E-state index in [1.165, 1.54) is 0 Å². The molecule has 3 aromatic rings. The fourth-order valence-electron chi connectivity index (χ4n) is 1.82. The van der Waals surface area contributed by atoms with Crippen molar-refractivity contribution in [3.8, 4) is 16.2 Å². The first kappa shape index (κ1) is 9.43. The Labute approximate surface area is 97.6 Å². The van der Waals surface area contributed by atoms with Gasteiger partial charge < -0.3 is 5.11 Å². The van der Waals surface area contributed by atoms with E-state index in [-0.39, 0.29) is 0 Å². The Morgan fingerprint density at radius 3 is 2.25 bits per heavy atom. The Balaban J connectivity index is 2.29. The number of hydrogen-bond acceptors (Lipinski definition) is 2. The molecule has 0 radical (unpaired) electrons. The number of rotatable bonds is 1. The normalized spacial score (nSPS) is 10.8. The van der Waals surface area contributed by atoms with E-state index in [4.69, 9.17) is 0 Å². The van der Waals surface area contributed by atoms with Crippen LogP contribution in [0.3, 0.4) is 0 Å². The fraction of sp³-hybridized carbons (Fsp3) is 0. The molecule has 0 spiro atoms. The largest absolute Gasteiger partial charge is 0.506 e. The zero-order valence-corrected chi connectivity index (χ0v) is 9.37. The molecule has 3 rings (SSSR count). The van der Waals surface area contributed by atoms with Gasteiger partial charge in [0, 0.05) is 10.1 Å². The van der Waals surface area contributed by atoms with Gasteiger partial charge in [0.25, 0.3) is 0 Å². The predicted octanol–water partition coefficient (Wildman–Crippen LogP) is 4.27. The lowest BCUT2D eigenvalue weighted by molar-refractivity contribution is 0.485. The maximum atomic E-state index is 10.2. The van der Waals surface area contributed by atoms with E-state index in [1.54, 1.807) is 11.3 Å². The van der Waals surface area contributed by atoms with Crippen LogP contribution >= 0.6 is 11.3 Å². The van der Waals surface area contributed by atoms with Crippen LogP contribution < -0.4 is 0 Å². The third-order valence-electron chi connectivity index (χ3n) is 2.61. The summed E-state index contributed by atoms with van der Waals surface area (Å²) in [5, 5.41) is 11.1. The minimum absolute atomic E-state index is 0.395. The molecule has 0 unspecified atom stereocenters. The third kappa shape index (κ3) is 1.39. The summed E-state index contributed by atoms with van der Waals surface area (Å²) in [6, 6.07) is 17.9. The van der Waals surface area contributed by atoms with E-state index in [0.29, 0.717) is 5.75 Å². The van der Waals surface area contributed by atoms with Crippen molar-refractivity contribution in [3.63, 3.8) is 0 Å². The number of thiophene rings is 1. The van der Waals surface area contributed by atoms with Gasteiger partial charge in [-0.1, -0.05) is 42.5 Å². The molecule has 1 heterocycles. The summed E-state index contributed by atoms with van der Waals surface area (Å²) in [6.07, 6.45) is 0. The van der Waals surface area contributed by atoms with Crippen molar-refractivity contribution in [2.45, 2.75) is 0 Å². The molecule has 0 aliphatic carbocycles. The molecule has 1 nitrogen and oxygen atoms in total. The highest BCUT2D eigenvalue weighted by Gasteiger charge is 2.11. The second kappa shape index (κ2) is 3.65. The van der Waals surface area contributed by atoms with Crippen molar-refractivity contribution < 1.29 is 5.11 Å². The predicted molar refractivity (Wildman–Crippen MR) is 68.9 cm³/mol. The topological polar surface area (TPSA) is 20.2 Å².